The van der Waals surface area contributed by atoms with Crippen LogP contribution in [0.1, 0.15) is 34.5 Å². The van der Waals surface area contributed by atoms with Gasteiger partial charge in [-0.05, 0) is 66.2 Å². The highest BCUT2D eigenvalue weighted by molar-refractivity contribution is 6.30. The van der Waals surface area contributed by atoms with Gasteiger partial charge in [0.1, 0.15) is 6.04 Å². The first-order valence-electron chi connectivity index (χ1n) is 11.3. The minimum Gasteiger partial charge on any atom is -0.339 e. The lowest BCUT2D eigenvalue weighted by molar-refractivity contribution is -0.130. The molecule has 1 atom stereocenters. The average molecular weight is 536 g/mol. The predicted octanol–water partition coefficient (Wildman–Crippen LogP) is 2.67. The molecule has 0 aliphatic carbocycles. The van der Waals surface area contributed by atoms with Gasteiger partial charge in [-0.25, -0.2) is 5.48 Å². The van der Waals surface area contributed by atoms with Crippen LogP contribution in [-0.2, 0) is 16.1 Å². The molecular weight excluding hydrogens is 506 g/mol. The zero-order valence-electron chi connectivity index (χ0n) is 19.8. The highest BCUT2D eigenvalue weighted by Gasteiger charge is 2.19. The van der Waals surface area contributed by atoms with E-state index in [0.29, 0.717) is 28.4 Å². The number of anilines is 1. The molecule has 0 aliphatic heterocycles. The van der Waals surface area contributed by atoms with E-state index in [-0.39, 0.29) is 26.4 Å². The molecule has 7 N–H and O–H groups in total. The molecule has 3 rings (SSSR count). The van der Waals surface area contributed by atoms with Gasteiger partial charge in [0.05, 0.1) is 6.54 Å². The lowest BCUT2D eigenvalue weighted by Gasteiger charge is -2.14. The van der Waals surface area contributed by atoms with E-state index in [1.54, 1.807) is 54.6 Å². The predicted molar refractivity (Wildman–Crippen MR) is 148 cm³/mol. The Morgan fingerprint density at radius 2 is 1.58 bits per heavy atom. The van der Waals surface area contributed by atoms with Gasteiger partial charge in [-0.3, -0.25) is 19.6 Å². The Balaban J connectivity index is 0.00000507. The number of benzene rings is 3. The third-order valence-electron chi connectivity index (χ3n) is 5.14. The fourth-order valence-electron chi connectivity index (χ4n) is 3.21. The molecule has 0 saturated heterocycles. The van der Waals surface area contributed by atoms with Crippen molar-refractivity contribution in [1.29, 1.82) is 0 Å². The smallest absolute Gasteiger partial charge is 0.267 e. The molecule has 3 aromatic rings. The van der Waals surface area contributed by atoms with Crippen LogP contribution in [0, 0.1) is 11.8 Å². The largest absolute Gasteiger partial charge is 0.339 e. The molecule has 38 heavy (non-hydrogen) atoms. The van der Waals surface area contributed by atoms with Crippen molar-refractivity contribution >= 4 is 35.0 Å². The number of amides is 3. The molecular formula is C28H30ClN5O4. The molecule has 0 aliphatic rings. The summed E-state index contributed by atoms with van der Waals surface area (Å²) in [6, 6.07) is 20.0. The van der Waals surface area contributed by atoms with Crippen LogP contribution in [-0.4, -0.2) is 42.1 Å². The fourth-order valence-corrected chi connectivity index (χ4v) is 3.42. The average Bonchev–Trinajstić information content (AvgIpc) is 2.91. The van der Waals surface area contributed by atoms with E-state index < -0.39 is 17.9 Å². The van der Waals surface area contributed by atoms with Gasteiger partial charge in [0.2, 0.25) is 5.91 Å². The van der Waals surface area contributed by atoms with E-state index in [1.807, 2.05) is 18.2 Å². The summed E-state index contributed by atoms with van der Waals surface area (Å²) in [7, 11) is 0. The van der Waals surface area contributed by atoms with Crippen LogP contribution < -0.4 is 27.2 Å². The van der Waals surface area contributed by atoms with Gasteiger partial charge in [-0.1, -0.05) is 43.0 Å². The summed E-state index contributed by atoms with van der Waals surface area (Å²) >= 11 is 5.96. The number of hydrogen-bond donors (Lipinski definition) is 6. The van der Waals surface area contributed by atoms with Crippen molar-refractivity contribution < 1.29 is 19.6 Å². The van der Waals surface area contributed by atoms with Crippen molar-refractivity contribution in [2.24, 2.45) is 5.73 Å². The molecule has 3 aromatic carbocycles. The number of halogens is 1. The molecule has 0 fully saturated rings. The number of carbonyl (C=O) groups excluding carboxylic acids is 3. The molecule has 0 bridgehead atoms. The maximum Gasteiger partial charge on any atom is 0.267 e. The molecule has 0 radical (unpaired) electrons. The van der Waals surface area contributed by atoms with E-state index in [1.165, 1.54) is 5.48 Å². The van der Waals surface area contributed by atoms with E-state index in [4.69, 9.17) is 22.5 Å². The maximum absolute atomic E-state index is 12.3. The highest BCUT2D eigenvalue weighted by atomic mass is 35.5. The van der Waals surface area contributed by atoms with Gasteiger partial charge < -0.3 is 21.7 Å². The summed E-state index contributed by atoms with van der Waals surface area (Å²) in [5, 5.41) is 17.7. The Labute approximate surface area is 226 Å². The second-order valence-corrected chi connectivity index (χ2v) is 8.36. The maximum atomic E-state index is 12.3. The summed E-state index contributed by atoms with van der Waals surface area (Å²) in [6.45, 7) is 0.526. The van der Waals surface area contributed by atoms with Crippen LogP contribution in [0.4, 0.5) is 5.69 Å². The van der Waals surface area contributed by atoms with Crippen LogP contribution in [0.15, 0.2) is 72.8 Å². The lowest BCUT2D eigenvalue weighted by atomic mass is 10.1. The monoisotopic (exact) mass is 535 g/mol. The third kappa shape index (κ3) is 9.35. The molecule has 0 aromatic heterocycles. The lowest BCUT2D eigenvalue weighted by Crippen LogP contribution is -2.50. The first-order valence-corrected chi connectivity index (χ1v) is 11.7. The number of hydrogen-bond acceptors (Lipinski definition) is 6. The minimum absolute atomic E-state index is 0. The Kier molecular flexibility index (Phi) is 12.0. The van der Waals surface area contributed by atoms with E-state index in [9.17, 15) is 14.4 Å². The SMILES string of the molecule is C.NC[C@H](NC(=O)c1ccc(C#Cc2ccc(NC(=O)CNCc3cccc(Cl)c3)cc2)cc1)C(=O)NO. The van der Waals surface area contributed by atoms with Crippen LogP contribution in [0.2, 0.25) is 5.02 Å². The molecule has 0 saturated carbocycles. The minimum atomic E-state index is -1.05. The van der Waals surface area contributed by atoms with E-state index in [2.05, 4.69) is 27.8 Å². The van der Waals surface area contributed by atoms with Crippen LogP contribution in [0.3, 0.4) is 0 Å². The molecule has 0 unspecified atom stereocenters. The van der Waals surface area contributed by atoms with Crippen molar-refractivity contribution in [2.45, 2.75) is 20.0 Å². The number of rotatable bonds is 9. The van der Waals surface area contributed by atoms with Crippen LogP contribution >= 0.6 is 11.6 Å². The topological polar surface area (TPSA) is 146 Å². The highest BCUT2D eigenvalue weighted by Crippen LogP contribution is 2.11. The number of nitrogens with two attached hydrogens (primary N) is 1. The Hall–Kier alpha value is -4.20. The fraction of sp³-hybridized carbons (Fsp3) is 0.179. The van der Waals surface area contributed by atoms with Gasteiger partial charge in [0.15, 0.2) is 0 Å². The van der Waals surface area contributed by atoms with Gasteiger partial charge in [-0.15, -0.1) is 0 Å². The second kappa shape index (κ2) is 15.1. The Morgan fingerprint density at radius 3 is 2.16 bits per heavy atom. The van der Waals surface area contributed by atoms with Gasteiger partial charge >= 0.3 is 0 Å². The zero-order valence-corrected chi connectivity index (χ0v) is 20.5. The third-order valence-corrected chi connectivity index (χ3v) is 5.37. The standard InChI is InChI=1S/C27H26ClN5O4.CH4/c28-22-3-1-2-20(14-22)16-30-17-25(34)31-23-12-8-19(9-13-23)5-4-18-6-10-21(11-7-18)26(35)32-24(15-29)27(36)33-37;/h1-3,6-14,24,30,37H,15-17,29H2,(H,31,34)(H,32,35)(H,33,36);1H4/t24-;/m0./s1. The first-order chi connectivity index (χ1) is 17.9. The normalized spacial score (nSPS) is 10.7. The summed E-state index contributed by atoms with van der Waals surface area (Å²) in [5.74, 6) is 4.57. The summed E-state index contributed by atoms with van der Waals surface area (Å²) < 4.78 is 0. The van der Waals surface area contributed by atoms with Crippen molar-refractivity contribution in [3.63, 3.8) is 0 Å². The van der Waals surface area contributed by atoms with Crippen molar-refractivity contribution in [1.82, 2.24) is 16.1 Å². The van der Waals surface area contributed by atoms with Crippen LogP contribution in [0.25, 0.3) is 0 Å². The number of carbonyl (C=O) groups is 3. The molecule has 198 valence electrons. The number of nitrogens with one attached hydrogen (secondary N) is 4. The van der Waals surface area contributed by atoms with Crippen molar-refractivity contribution in [3.8, 4) is 11.8 Å². The van der Waals surface area contributed by atoms with Crippen molar-refractivity contribution in [2.75, 3.05) is 18.4 Å². The summed E-state index contributed by atoms with van der Waals surface area (Å²) in [6.07, 6.45) is 0. The first kappa shape index (κ1) is 30.0. The van der Waals surface area contributed by atoms with Crippen LogP contribution in [0.5, 0.6) is 0 Å². The zero-order chi connectivity index (χ0) is 26.6. The van der Waals surface area contributed by atoms with Crippen molar-refractivity contribution in [3.05, 3.63) is 100 Å². The summed E-state index contributed by atoms with van der Waals surface area (Å²) in [5.41, 5.74) is 10.3. The van der Waals surface area contributed by atoms with Gasteiger partial charge in [0, 0.05) is 40.5 Å². The van der Waals surface area contributed by atoms with E-state index in [0.717, 1.165) is 11.1 Å². The Morgan fingerprint density at radius 1 is 0.947 bits per heavy atom. The number of hydroxylamine groups is 1. The van der Waals surface area contributed by atoms with E-state index >= 15 is 0 Å². The molecule has 0 heterocycles. The summed E-state index contributed by atoms with van der Waals surface area (Å²) in [4.78, 5) is 35.9. The quantitative estimate of drug-likeness (QED) is 0.141. The van der Waals surface area contributed by atoms with Gasteiger partial charge in [0.25, 0.3) is 11.8 Å². The molecule has 9 nitrogen and oxygen atoms in total. The molecule has 10 heteroatoms. The second-order valence-electron chi connectivity index (χ2n) is 7.92. The van der Waals surface area contributed by atoms with Gasteiger partial charge in [-0.2, -0.15) is 0 Å². The molecule has 3 amide bonds. The Bertz CT molecular complexity index is 1300. The molecule has 0 spiro atoms.